The zero-order valence-corrected chi connectivity index (χ0v) is 21.3. The minimum atomic E-state index is -0.486. The summed E-state index contributed by atoms with van der Waals surface area (Å²) in [6.45, 7) is 4.04. The molecule has 3 aromatic heterocycles. The molecular formula is C27H23ClN6O4. The van der Waals surface area contributed by atoms with Gasteiger partial charge in [-0.1, -0.05) is 29.8 Å². The quantitative estimate of drug-likeness (QED) is 0.280. The van der Waals surface area contributed by atoms with Gasteiger partial charge in [0.2, 0.25) is 0 Å². The topological polar surface area (TPSA) is 113 Å². The molecule has 0 unspecified atom stereocenters. The van der Waals surface area contributed by atoms with Crippen molar-refractivity contribution in [3.05, 3.63) is 95.0 Å². The number of benzene rings is 2. The van der Waals surface area contributed by atoms with Gasteiger partial charge in [0.15, 0.2) is 18.1 Å². The lowest BCUT2D eigenvalue weighted by molar-refractivity contribution is 0.0528. The summed E-state index contributed by atoms with van der Waals surface area (Å²) in [7, 11) is 0. The number of anilines is 1. The smallest absolute Gasteiger partial charge is 0.343 e. The number of ether oxygens (including phenoxy) is 2. The van der Waals surface area contributed by atoms with Crippen molar-refractivity contribution in [3.8, 4) is 17.0 Å². The van der Waals surface area contributed by atoms with Crippen LogP contribution in [0.3, 0.4) is 0 Å². The Morgan fingerprint density at radius 2 is 1.97 bits per heavy atom. The number of carbonyl (C=O) groups excluding carboxylic acids is 2. The lowest BCUT2D eigenvalue weighted by atomic mass is 10.1. The third-order valence-electron chi connectivity index (χ3n) is 5.63. The van der Waals surface area contributed by atoms with Crippen molar-refractivity contribution in [1.29, 1.82) is 0 Å². The van der Waals surface area contributed by atoms with Crippen molar-refractivity contribution in [2.24, 2.45) is 0 Å². The average molecular weight is 531 g/mol. The average Bonchev–Trinajstić information content (AvgIpc) is 3.57. The largest absolute Gasteiger partial charge is 0.470 e. The maximum atomic E-state index is 12.9. The highest BCUT2D eigenvalue weighted by Gasteiger charge is 2.17. The zero-order valence-electron chi connectivity index (χ0n) is 20.6. The molecule has 0 saturated heterocycles. The summed E-state index contributed by atoms with van der Waals surface area (Å²) in [6, 6.07) is 16.1. The molecule has 38 heavy (non-hydrogen) atoms. The standard InChI is InChI=1S/C27H23ClN6O4/c1-3-37-27(36)20-15-30-34-23(9-11-29-25(20)34)18-5-4-6-19(14-18)31-26(35)22-10-12-33(32-22)16-38-24-13-17(2)7-8-21(24)28/h4-15H,3,16H2,1-2H3,(H,31,35). The maximum absolute atomic E-state index is 12.9. The molecule has 0 fully saturated rings. The Hall–Kier alpha value is -4.70. The Morgan fingerprint density at radius 1 is 1.11 bits per heavy atom. The fraction of sp³-hybridized carbons (Fsp3) is 0.148. The summed E-state index contributed by atoms with van der Waals surface area (Å²) in [5, 5.41) is 12.0. The van der Waals surface area contributed by atoms with Crippen molar-refractivity contribution in [3.63, 3.8) is 0 Å². The van der Waals surface area contributed by atoms with Crippen LogP contribution in [0.4, 0.5) is 5.69 Å². The molecule has 2 aromatic carbocycles. The minimum absolute atomic E-state index is 0.0988. The van der Waals surface area contributed by atoms with Crippen LogP contribution in [-0.2, 0) is 11.5 Å². The summed E-state index contributed by atoms with van der Waals surface area (Å²) >= 11 is 6.18. The van der Waals surface area contributed by atoms with E-state index < -0.39 is 5.97 Å². The molecule has 1 N–H and O–H groups in total. The van der Waals surface area contributed by atoms with Crippen LogP contribution in [0, 0.1) is 6.92 Å². The Balaban J connectivity index is 1.31. The van der Waals surface area contributed by atoms with Crippen LogP contribution in [0.1, 0.15) is 33.3 Å². The number of rotatable bonds is 8. The number of carbonyl (C=O) groups is 2. The van der Waals surface area contributed by atoms with E-state index in [2.05, 4.69) is 20.5 Å². The van der Waals surface area contributed by atoms with E-state index in [9.17, 15) is 9.59 Å². The SMILES string of the molecule is CCOC(=O)c1cnn2c(-c3cccc(NC(=O)c4ccn(COc5cc(C)ccc5Cl)n4)c3)ccnc12. The number of halogens is 1. The third kappa shape index (κ3) is 5.21. The second-order valence-corrected chi connectivity index (χ2v) is 8.73. The molecule has 0 aliphatic heterocycles. The van der Waals surface area contributed by atoms with Gasteiger partial charge in [-0.15, -0.1) is 0 Å². The van der Waals surface area contributed by atoms with Crippen molar-refractivity contribution in [2.75, 3.05) is 11.9 Å². The minimum Gasteiger partial charge on any atom is -0.470 e. The van der Waals surface area contributed by atoms with Crippen LogP contribution in [0.25, 0.3) is 16.9 Å². The summed E-state index contributed by atoms with van der Waals surface area (Å²) in [6.07, 6.45) is 4.68. The Kier molecular flexibility index (Phi) is 7.05. The fourth-order valence-corrected chi connectivity index (χ4v) is 4.00. The van der Waals surface area contributed by atoms with E-state index in [1.54, 1.807) is 54.2 Å². The Bertz CT molecular complexity index is 1640. The van der Waals surface area contributed by atoms with E-state index in [4.69, 9.17) is 21.1 Å². The number of hydrogen-bond donors (Lipinski definition) is 1. The van der Waals surface area contributed by atoms with Gasteiger partial charge in [0, 0.05) is 23.6 Å². The summed E-state index contributed by atoms with van der Waals surface area (Å²) in [5.74, 6) is -0.320. The van der Waals surface area contributed by atoms with Crippen LogP contribution in [-0.4, -0.2) is 42.9 Å². The molecule has 0 aliphatic rings. The van der Waals surface area contributed by atoms with E-state index in [1.807, 2.05) is 31.2 Å². The van der Waals surface area contributed by atoms with E-state index in [0.717, 1.165) is 11.1 Å². The number of amides is 1. The molecule has 3 heterocycles. The van der Waals surface area contributed by atoms with Crippen LogP contribution in [0.2, 0.25) is 5.02 Å². The number of nitrogens with zero attached hydrogens (tertiary/aromatic N) is 5. The number of esters is 1. The van der Waals surface area contributed by atoms with Gasteiger partial charge in [0.1, 0.15) is 11.3 Å². The van der Waals surface area contributed by atoms with E-state index in [1.165, 1.54) is 10.9 Å². The van der Waals surface area contributed by atoms with E-state index in [0.29, 0.717) is 27.8 Å². The van der Waals surface area contributed by atoms with Crippen molar-refractivity contribution in [2.45, 2.75) is 20.6 Å². The molecular weight excluding hydrogens is 508 g/mol. The van der Waals surface area contributed by atoms with Gasteiger partial charge in [-0.25, -0.2) is 19.0 Å². The molecule has 0 bridgehead atoms. The van der Waals surface area contributed by atoms with Crippen LogP contribution in [0.15, 0.2) is 73.2 Å². The van der Waals surface area contributed by atoms with Gasteiger partial charge >= 0.3 is 5.97 Å². The Morgan fingerprint density at radius 3 is 2.82 bits per heavy atom. The molecule has 0 spiro atoms. The predicted octanol–water partition coefficient (Wildman–Crippen LogP) is 5.02. The highest BCUT2D eigenvalue weighted by Crippen LogP contribution is 2.26. The molecule has 0 radical (unpaired) electrons. The fourth-order valence-electron chi connectivity index (χ4n) is 3.83. The number of hydrogen-bond acceptors (Lipinski definition) is 7. The first kappa shape index (κ1) is 25.0. The summed E-state index contributed by atoms with van der Waals surface area (Å²) in [5.41, 5.74) is 3.93. The molecule has 1 amide bonds. The number of aryl methyl sites for hydroxylation is 1. The molecule has 0 aliphatic carbocycles. The third-order valence-corrected chi connectivity index (χ3v) is 5.94. The predicted molar refractivity (Wildman–Crippen MR) is 141 cm³/mol. The van der Waals surface area contributed by atoms with Gasteiger partial charge in [0.05, 0.1) is 23.5 Å². The van der Waals surface area contributed by atoms with Crippen LogP contribution in [0.5, 0.6) is 5.75 Å². The second-order valence-electron chi connectivity index (χ2n) is 8.33. The molecule has 5 rings (SSSR count). The first-order valence-corrected chi connectivity index (χ1v) is 12.1. The highest BCUT2D eigenvalue weighted by molar-refractivity contribution is 6.32. The number of fused-ring (bicyclic) bond motifs is 1. The first-order valence-electron chi connectivity index (χ1n) is 11.8. The molecule has 0 saturated carbocycles. The lowest BCUT2D eigenvalue weighted by Gasteiger charge is -2.09. The number of aromatic nitrogens is 5. The molecule has 0 atom stereocenters. The maximum Gasteiger partial charge on any atom is 0.343 e. The molecule has 11 heteroatoms. The van der Waals surface area contributed by atoms with Crippen molar-refractivity contribution in [1.82, 2.24) is 24.4 Å². The van der Waals surface area contributed by atoms with Gasteiger partial charge < -0.3 is 14.8 Å². The van der Waals surface area contributed by atoms with Crippen LogP contribution >= 0.6 is 11.6 Å². The van der Waals surface area contributed by atoms with Crippen molar-refractivity contribution < 1.29 is 19.1 Å². The van der Waals surface area contributed by atoms with Gasteiger partial charge in [-0.05, 0) is 55.8 Å². The van der Waals surface area contributed by atoms with Gasteiger partial charge in [-0.3, -0.25) is 4.79 Å². The monoisotopic (exact) mass is 530 g/mol. The molecule has 10 nitrogen and oxygen atoms in total. The second kappa shape index (κ2) is 10.7. The van der Waals surface area contributed by atoms with E-state index in [-0.39, 0.29) is 30.5 Å². The first-order chi connectivity index (χ1) is 18.4. The normalized spacial score (nSPS) is 10.9. The zero-order chi connectivity index (χ0) is 26.6. The molecule has 192 valence electrons. The van der Waals surface area contributed by atoms with Crippen LogP contribution < -0.4 is 10.1 Å². The Labute approximate surface area is 222 Å². The highest BCUT2D eigenvalue weighted by atomic mass is 35.5. The summed E-state index contributed by atoms with van der Waals surface area (Å²) in [4.78, 5) is 29.4. The van der Waals surface area contributed by atoms with E-state index >= 15 is 0 Å². The van der Waals surface area contributed by atoms with Gasteiger partial charge in [-0.2, -0.15) is 10.2 Å². The molecule has 5 aromatic rings. The summed E-state index contributed by atoms with van der Waals surface area (Å²) < 4.78 is 13.9. The van der Waals surface area contributed by atoms with Crippen molar-refractivity contribution >= 4 is 34.8 Å². The lowest BCUT2D eigenvalue weighted by Crippen LogP contribution is -2.14. The van der Waals surface area contributed by atoms with Gasteiger partial charge in [0.25, 0.3) is 5.91 Å². The number of nitrogens with one attached hydrogen (secondary N) is 1.